The number of aliphatic carboxylic acids is 1. The summed E-state index contributed by atoms with van der Waals surface area (Å²) in [5, 5.41) is 23.2. The van der Waals surface area contributed by atoms with Crippen molar-refractivity contribution in [3.8, 4) is 11.8 Å². The first-order valence-corrected chi connectivity index (χ1v) is 6.97. The number of rotatable bonds is 7. The minimum absolute atomic E-state index is 0.0590. The van der Waals surface area contributed by atoms with Gasteiger partial charge in [0, 0.05) is 23.8 Å². The molecule has 23 heavy (non-hydrogen) atoms. The van der Waals surface area contributed by atoms with E-state index in [2.05, 4.69) is 10.6 Å². The third kappa shape index (κ3) is 5.52. The average Bonchev–Trinajstić information content (AvgIpc) is 2.50. The number of aryl methyl sites for hydroxylation is 1. The number of ether oxygens (including phenoxy) is 1. The van der Waals surface area contributed by atoms with Gasteiger partial charge in [0.2, 0.25) is 0 Å². The average molecular weight is 338 g/mol. The van der Waals surface area contributed by atoms with E-state index < -0.39 is 11.9 Å². The van der Waals surface area contributed by atoms with Crippen LogP contribution in [0.2, 0.25) is 5.02 Å². The Morgan fingerprint density at radius 1 is 1.48 bits per heavy atom. The van der Waals surface area contributed by atoms with Crippen molar-refractivity contribution < 1.29 is 19.4 Å². The van der Waals surface area contributed by atoms with E-state index in [1.807, 2.05) is 0 Å². The molecule has 1 amide bonds. The van der Waals surface area contributed by atoms with Crippen LogP contribution >= 0.6 is 11.6 Å². The molecule has 3 N–H and O–H groups in total. The molecule has 0 saturated heterocycles. The van der Waals surface area contributed by atoms with Crippen LogP contribution in [0.3, 0.4) is 0 Å². The van der Waals surface area contributed by atoms with Crippen molar-refractivity contribution in [3.05, 3.63) is 34.5 Å². The minimum atomic E-state index is -1.03. The Labute approximate surface area is 138 Å². The van der Waals surface area contributed by atoms with E-state index in [4.69, 9.17) is 26.7 Å². The number of methoxy groups -OCH3 is 1. The highest BCUT2D eigenvalue weighted by Crippen LogP contribution is 2.31. The van der Waals surface area contributed by atoms with Gasteiger partial charge in [-0.1, -0.05) is 11.6 Å². The van der Waals surface area contributed by atoms with Crippen LogP contribution in [0.15, 0.2) is 23.9 Å². The number of carbonyl (C=O) groups is 2. The number of anilines is 1. The van der Waals surface area contributed by atoms with Gasteiger partial charge in [0.15, 0.2) is 0 Å². The third-order valence-corrected chi connectivity index (χ3v) is 3.25. The molecule has 122 valence electrons. The van der Waals surface area contributed by atoms with E-state index in [1.54, 1.807) is 25.1 Å². The number of hydrogen-bond donors (Lipinski definition) is 3. The van der Waals surface area contributed by atoms with Crippen LogP contribution in [0.4, 0.5) is 5.69 Å². The van der Waals surface area contributed by atoms with Gasteiger partial charge in [-0.25, -0.2) is 0 Å². The summed E-state index contributed by atoms with van der Waals surface area (Å²) < 4.78 is 5.17. The molecule has 0 heterocycles. The fourth-order valence-corrected chi connectivity index (χ4v) is 1.78. The second-order valence-electron chi connectivity index (χ2n) is 4.52. The van der Waals surface area contributed by atoms with Crippen LogP contribution in [0.5, 0.6) is 5.75 Å². The fraction of sp³-hybridized carbons (Fsp3) is 0.267. The molecule has 0 aliphatic heterocycles. The Balaban J connectivity index is 2.84. The molecular weight excluding hydrogens is 322 g/mol. The molecule has 0 saturated carbocycles. The Morgan fingerprint density at radius 3 is 2.74 bits per heavy atom. The predicted molar refractivity (Wildman–Crippen MR) is 85.3 cm³/mol. The highest BCUT2D eigenvalue weighted by molar-refractivity contribution is 6.31. The molecule has 8 heteroatoms. The molecule has 1 aromatic rings. The van der Waals surface area contributed by atoms with E-state index in [9.17, 15) is 9.59 Å². The van der Waals surface area contributed by atoms with E-state index in [1.165, 1.54) is 13.3 Å². The highest BCUT2D eigenvalue weighted by Gasteiger charge is 2.11. The number of benzene rings is 1. The van der Waals surface area contributed by atoms with Crippen molar-refractivity contribution in [1.29, 1.82) is 5.26 Å². The molecule has 0 spiro atoms. The smallest absolute Gasteiger partial charge is 0.305 e. The summed E-state index contributed by atoms with van der Waals surface area (Å²) in [4.78, 5) is 22.2. The van der Waals surface area contributed by atoms with Gasteiger partial charge < -0.3 is 20.5 Å². The summed E-state index contributed by atoms with van der Waals surface area (Å²) in [6.07, 6.45) is 1.00. The zero-order chi connectivity index (χ0) is 17.4. The van der Waals surface area contributed by atoms with Gasteiger partial charge in [0.25, 0.3) is 5.91 Å². The molecule has 0 aliphatic rings. The summed E-state index contributed by atoms with van der Waals surface area (Å²) in [7, 11) is 1.47. The van der Waals surface area contributed by atoms with Gasteiger partial charge in [-0.3, -0.25) is 9.59 Å². The lowest BCUT2D eigenvalue weighted by Crippen LogP contribution is -2.27. The third-order valence-electron chi connectivity index (χ3n) is 2.84. The van der Waals surface area contributed by atoms with Gasteiger partial charge in [-0.15, -0.1) is 0 Å². The maximum Gasteiger partial charge on any atom is 0.305 e. The summed E-state index contributed by atoms with van der Waals surface area (Å²) in [5.41, 5.74) is 1.15. The normalized spacial score (nSPS) is 10.6. The second kappa shape index (κ2) is 8.66. The van der Waals surface area contributed by atoms with Crippen LogP contribution < -0.4 is 15.4 Å². The zero-order valence-corrected chi connectivity index (χ0v) is 13.4. The predicted octanol–water partition coefficient (Wildman–Crippen LogP) is 2.07. The van der Waals surface area contributed by atoms with E-state index in [0.29, 0.717) is 16.5 Å². The van der Waals surface area contributed by atoms with Crippen molar-refractivity contribution >= 4 is 29.2 Å². The zero-order valence-electron chi connectivity index (χ0n) is 12.6. The van der Waals surface area contributed by atoms with Crippen LogP contribution in [-0.2, 0) is 9.59 Å². The molecule has 0 atom stereocenters. The van der Waals surface area contributed by atoms with Crippen LogP contribution in [0, 0.1) is 18.3 Å². The van der Waals surface area contributed by atoms with Crippen molar-refractivity contribution in [2.45, 2.75) is 13.3 Å². The fourth-order valence-electron chi connectivity index (χ4n) is 1.62. The number of nitriles is 1. The van der Waals surface area contributed by atoms with Crippen LogP contribution in [-0.4, -0.2) is 30.6 Å². The van der Waals surface area contributed by atoms with E-state index >= 15 is 0 Å². The topological polar surface area (TPSA) is 111 Å². The van der Waals surface area contributed by atoms with Gasteiger partial charge in [-0.2, -0.15) is 5.26 Å². The second-order valence-corrected chi connectivity index (χ2v) is 4.92. The molecule has 1 rings (SSSR count). The number of halogens is 1. The Morgan fingerprint density at radius 2 is 2.17 bits per heavy atom. The molecule has 0 fully saturated rings. The first-order valence-electron chi connectivity index (χ1n) is 6.60. The van der Waals surface area contributed by atoms with Crippen molar-refractivity contribution in [1.82, 2.24) is 5.32 Å². The Kier molecular flexibility index (Phi) is 6.90. The van der Waals surface area contributed by atoms with Gasteiger partial charge in [0.1, 0.15) is 17.4 Å². The molecule has 1 aromatic carbocycles. The number of amides is 1. The summed E-state index contributed by atoms with van der Waals surface area (Å²) in [5.74, 6) is -1.24. The number of nitrogens with one attached hydrogen (secondary N) is 2. The largest absolute Gasteiger partial charge is 0.495 e. The monoisotopic (exact) mass is 337 g/mol. The Hall–Kier alpha value is -2.72. The minimum Gasteiger partial charge on any atom is -0.495 e. The number of carboxylic acids is 1. The molecule has 0 radical (unpaired) electrons. The molecule has 0 unspecified atom stereocenters. The van der Waals surface area contributed by atoms with Crippen molar-refractivity contribution in [2.24, 2.45) is 0 Å². The highest BCUT2D eigenvalue weighted by atomic mass is 35.5. The quantitative estimate of drug-likeness (QED) is 0.518. The molecular formula is C15H16ClN3O4. The number of carbonyl (C=O) groups excluding carboxylic acids is 1. The number of hydrogen-bond acceptors (Lipinski definition) is 5. The standard InChI is InChI=1S/C15H16ClN3O4/c1-9-5-12(13(23-2)6-11(9)16)19-8-10(7-17)15(22)18-4-3-14(20)21/h5-6,8,19H,3-4H2,1-2H3,(H,18,22)(H,20,21)/b10-8-. The maximum atomic E-state index is 11.8. The van der Waals surface area contributed by atoms with Gasteiger partial charge in [0.05, 0.1) is 19.2 Å². The summed E-state index contributed by atoms with van der Waals surface area (Å²) in [6, 6.07) is 5.08. The summed E-state index contributed by atoms with van der Waals surface area (Å²) in [6.45, 7) is 1.75. The summed E-state index contributed by atoms with van der Waals surface area (Å²) >= 11 is 6.00. The molecule has 0 bridgehead atoms. The lowest BCUT2D eigenvalue weighted by atomic mass is 10.2. The van der Waals surface area contributed by atoms with Crippen molar-refractivity contribution in [3.63, 3.8) is 0 Å². The Bertz CT molecular complexity index is 680. The van der Waals surface area contributed by atoms with Gasteiger partial charge in [-0.05, 0) is 18.6 Å². The number of nitrogens with zero attached hydrogens (tertiary/aromatic N) is 1. The van der Waals surface area contributed by atoms with Crippen molar-refractivity contribution in [2.75, 3.05) is 19.0 Å². The molecule has 0 aromatic heterocycles. The van der Waals surface area contributed by atoms with Crippen LogP contribution in [0.1, 0.15) is 12.0 Å². The first-order chi connectivity index (χ1) is 10.9. The number of carboxylic acid groups (broad SMARTS) is 1. The van der Waals surface area contributed by atoms with E-state index in [-0.39, 0.29) is 18.5 Å². The van der Waals surface area contributed by atoms with Gasteiger partial charge >= 0.3 is 5.97 Å². The maximum absolute atomic E-state index is 11.8. The molecule has 7 nitrogen and oxygen atoms in total. The lowest BCUT2D eigenvalue weighted by molar-refractivity contribution is -0.136. The SMILES string of the molecule is COc1cc(Cl)c(C)cc1N/C=C(/C#N)C(=O)NCCC(=O)O. The molecule has 0 aliphatic carbocycles. The lowest BCUT2D eigenvalue weighted by Gasteiger charge is -2.11. The van der Waals surface area contributed by atoms with Crippen LogP contribution in [0.25, 0.3) is 0 Å². The first kappa shape index (κ1) is 18.3. The van der Waals surface area contributed by atoms with E-state index in [0.717, 1.165) is 5.56 Å².